The number of aliphatic imine (C=N–C) groups is 1. The van der Waals surface area contributed by atoms with Crippen molar-refractivity contribution in [3.8, 4) is 12.1 Å². The number of amidine groups is 1. The minimum absolute atomic E-state index is 0.122. The lowest BCUT2D eigenvalue weighted by Gasteiger charge is -2.34. The van der Waals surface area contributed by atoms with Crippen LogP contribution in [-0.2, 0) is 15.9 Å². The third-order valence-corrected chi connectivity index (χ3v) is 5.70. The van der Waals surface area contributed by atoms with Crippen LogP contribution in [0.25, 0.3) is 0 Å². The summed E-state index contributed by atoms with van der Waals surface area (Å²) < 4.78 is 11.7. The summed E-state index contributed by atoms with van der Waals surface area (Å²) in [5.41, 5.74) is 3.96. The molecule has 1 aromatic carbocycles. The molecule has 25 heavy (non-hydrogen) atoms. The lowest BCUT2D eigenvalue weighted by Crippen LogP contribution is -2.45. The van der Waals surface area contributed by atoms with Crippen LogP contribution in [0.5, 0.6) is 0 Å². The molecule has 0 spiro atoms. The zero-order valence-electron chi connectivity index (χ0n) is 14.7. The van der Waals surface area contributed by atoms with E-state index >= 15 is 0 Å². The van der Waals surface area contributed by atoms with Crippen molar-refractivity contribution in [1.29, 1.82) is 10.5 Å². The van der Waals surface area contributed by atoms with Gasteiger partial charge in [-0.25, -0.2) is 4.99 Å². The second-order valence-electron chi connectivity index (χ2n) is 6.66. The van der Waals surface area contributed by atoms with Crippen molar-refractivity contribution in [2.45, 2.75) is 33.1 Å². The molecular formula is C19H22N4O2. The number of fused-ring (bicyclic) bond motifs is 1. The Morgan fingerprint density at radius 2 is 1.68 bits per heavy atom. The molecule has 0 aromatic heterocycles. The molecule has 0 radical (unpaired) electrons. The van der Waals surface area contributed by atoms with Crippen molar-refractivity contribution in [3.05, 3.63) is 35.9 Å². The maximum absolute atomic E-state index is 10.2. The fourth-order valence-corrected chi connectivity index (χ4v) is 4.70. The summed E-state index contributed by atoms with van der Waals surface area (Å²) in [5.74, 6) is -1.42. The Hall–Kier alpha value is -2.41. The Morgan fingerprint density at radius 1 is 1.08 bits per heavy atom. The first-order valence-electron chi connectivity index (χ1n) is 8.45. The van der Waals surface area contributed by atoms with E-state index in [0.29, 0.717) is 19.6 Å². The van der Waals surface area contributed by atoms with Gasteiger partial charge in [0.2, 0.25) is 0 Å². The van der Waals surface area contributed by atoms with Crippen molar-refractivity contribution in [3.63, 3.8) is 0 Å². The van der Waals surface area contributed by atoms with Crippen LogP contribution in [0.3, 0.4) is 0 Å². The van der Waals surface area contributed by atoms with Gasteiger partial charge in [0.25, 0.3) is 5.91 Å². The van der Waals surface area contributed by atoms with E-state index in [1.165, 1.54) is 0 Å². The van der Waals surface area contributed by atoms with E-state index in [0.717, 1.165) is 5.56 Å². The standard InChI is InChI=1S/C19H22N4O2/c1-4-24-19(25-5-2)18(13-21)16(3,11-14-9-7-6-8-10-14)17(18,12-20)15(22)23-19/h6-10H,4-5,11H2,1-3H3,(H2,22,23)/t16-,17-,18+/m0/s1. The van der Waals surface area contributed by atoms with Crippen LogP contribution in [0.1, 0.15) is 26.3 Å². The van der Waals surface area contributed by atoms with Gasteiger partial charge in [-0.2, -0.15) is 10.5 Å². The maximum atomic E-state index is 10.2. The van der Waals surface area contributed by atoms with Gasteiger partial charge in [-0.15, -0.1) is 0 Å². The summed E-state index contributed by atoms with van der Waals surface area (Å²) in [6.45, 7) is 6.11. The molecule has 1 heterocycles. The highest BCUT2D eigenvalue weighted by atomic mass is 16.7. The highest BCUT2D eigenvalue weighted by molar-refractivity contribution is 6.00. The molecule has 0 amide bonds. The fraction of sp³-hybridized carbons (Fsp3) is 0.526. The monoisotopic (exact) mass is 338 g/mol. The Bertz CT molecular complexity index is 788. The van der Waals surface area contributed by atoms with Gasteiger partial charge >= 0.3 is 0 Å². The molecule has 2 aliphatic rings. The summed E-state index contributed by atoms with van der Waals surface area (Å²) in [6, 6.07) is 14.4. The maximum Gasteiger partial charge on any atom is 0.293 e. The average Bonchev–Trinajstić information content (AvgIpc) is 2.98. The molecule has 6 nitrogen and oxygen atoms in total. The highest BCUT2D eigenvalue weighted by Crippen LogP contribution is 2.86. The Labute approximate surface area is 147 Å². The number of rotatable bonds is 6. The Balaban J connectivity index is 2.18. The van der Waals surface area contributed by atoms with E-state index in [1.807, 2.05) is 37.3 Å². The third kappa shape index (κ3) is 1.71. The molecule has 1 saturated carbocycles. The molecule has 6 heteroatoms. The first kappa shape index (κ1) is 17.4. The molecule has 1 aliphatic carbocycles. The van der Waals surface area contributed by atoms with E-state index in [2.05, 4.69) is 17.1 Å². The smallest absolute Gasteiger partial charge is 0.293 e. The van der Waals surface area contributed by atoms with Crippen LogP contribution in [0.2, 0.25) is 0 Å². The van der Waals surface area contributed by atoms with Crippen LogP contribution >= 0.6 is 0 Å². The van der Waals surface area contributed by atoms with Gasteiger partial charge in [-0.1, -0.05) is 37.3 Å². The zero-order chi connectivity index (χ0) is 18.3. The topological polar surface area (TPSA) is 104 Å². The van der Waals surface area contributed by atoms with Gasteiger partial charge in [0.1, 0.15) is 11.3 Å². The lowest BCUT2D eigenvalue weighted by molar-refractivity contribution is -0.260. The summed E-state index contributed by atoms with van der Waals surface area (Å²) in [4.78, 5) is 4.36. The van der Waals surface area contributed by atoms with Gasteiger partial charge in [-0.05, 0) is 25.8 Å². The third-order valence-electron chi connectivity index (χ3n) is 5.70. The molecule has 0 saturated heterocycles. The summed E-state index contributed by atoms with van der Waals surface area (Å²) in [7, 11) is 0. The van der Waals surface area contributed by atoms with E-state index < -0.39 is 22.2 Å². The van der Waals surface area contributed by atoms with Crippen LogP contribution < -0.4 is 5.73 Å². The van der Waals surface area contributed by atoms with Gasteiger partial charge in [-0.3, -0.25) is 0 Å². The predicted molar refractivity (Wildman–Crippen MR) is 92.0 cm³/mol. The molecule has 2 N–H and O–H groups in total. The van der Waals surface area contributed by atoms with Gasteiger partial charge in [0.15, 0.2) is 5.41 Å². The summed E-state index contributed by atoms with van der Waals surface area (Å²) >= 11 is 0. The van der Waals surface area contributed by atoms with Gasteiger partial charge in [0.05, 0.1) is 12.1 Å². The SMILES string of the molecule is CCOC1(OCC)N=C(N)[C@@]2(C#N)[C@](C)(Cc3ccccc3)[C@@]12C#N. The molecule has 1 aliphatic heterocycles. The molecule has 3 atom stereocenters. The molecule has 1 fully saturated rings. The molecule has 0 bridgehead atoms. The molecule has 1 aromatic rings. The summed E-state index contributed by atoms with van der Waals surface area (Å²) in [5, 5.41) is 20.2. The predicted octanol–water partition coefficient (Wildman–Crippen LogP) is 2.37. The van der Waals surface area contributed by atoms with E-state index in [9.17, 15) is 10.5 Å². The Kier molecular flexibility index (Phi) is 3.87. The van der Waals surface area contributed by atoms with Gasteiger partial charge < -0.3 is 15.2 Å². The number of nitrogens with zero attached hydrogens (tertiary/aromatic N) is 3. The van der Waals surface area contributed by atoms with Crippen molar-refractivity contribution in [2.24, 2.45) is 27.0 Å². The lowest BCUT2D eigenvalue weighted by atomic mass is 9.85. The normalized spacial score (nSPS) is 34.5. The number of hydrogen-bond donors (Lipinski definition) is 1. The summed E-state index contributed by atoms with van der Waals surface area (Å²) in [6.07, 6.45) is 0.507. The number of hydrogen-bond acceptors (Lipinski definition) is 6. The zero-order valence-corrected chi connectivity index (χ0v) is 14.7. The van der Waals surface area contributed by atoms with Crippen LogP contribution in [0, 0.1) is 38.9 Å². The van der Waals surface area contributed by atoms with Crippen molar-refractivity contribution < 1.29 is 9.47 Å². The number of nitriles is 2. The largest absolute Gasteiger partial charge is 0.386 e. The van der Waals surface area contributed by atoms with Gasteiger partial charge in [0, 0.05) is 18.6 Å². The van der Waals surface area contributed by atoms with Crippen LogP contribution in [-0.4, -0.2) is 25.0 Å². The van der Waals surface area contributed by atoms with Crippen LogP contribution in [0.15, 0.2) is 35.3 Å². The molecule has 130 valence electrons. The minimum atomic E-state index is -1.55. The number of ether oxygens (including phenoxy) is 2. The van der Waals surface area contributed by atoms with Crippen molar-refractivity contribution in [1.82, 2.24) is 0 Å². The molecule has 0 unspecified atom stereocenters. The Morgan fingerprint density at radius 3 is 2.16 bits per heavy atom. The first-order valence-corrected chi connectivity index (χ1v) is 8.45. The van der Waals surface area contributed by atoms with E-state index in [1.54, 1.807) is 13.8 Å². The number of benzene rings is 1. The second kappa shape index (κ2) is 5.56. The van der Waals surface area contributed by atoms with Crippen molar-refractivity contribution >= 4 is 5.84 Å². The molecular weight excluding hydrogens is 316 g/mol. The van der Waals surface area contributed by atoms with Crippen molar-refractivity contribution in [2.75, 3.05) is 13.2 Å². The fourth-order valence-electron chi connectivity index (χ4n) is 4.70. The van der Waals surface area contributed by atoms with E-state index in [4.69, 9.17) is 15.2 Å². The number of nitrogens with two attached hydrogens (primary N) is 1. The average molecular weight is 338 g/mol. The second-order valence-corrected chi connectivity index (χ2v) is 6.66. The quantitative estimate of drug-likeness (QED) is 0.802. The van der Waals surface area contributed by atoms with Crippen LogP contribution in [0.4, 0.5) is 0 Å². The minimum Gasteiger partial charge on any atom is -0.386 e. The molecule has 3 rings (SSSR count). The first-order chi connectivity index (χ1) is 11.9. The van der Waals surface area contributed by atoms with E-state index in [-0.39, 0.29) is 5.84 Å². The highest BCUT2D eigenvalue weighted by Gasteiger charge is 2.99.